The van der Waals surface area contributed by atoms with Crippen molar-refractivity contribution >= 4 is 0 Å². The van der Waals surface area contributed by atoms with E-state index in [1.165, 1.54) is 19.3 Å². The van der Waals surface area contributed by atoms with Crippen molar-refractivity contribution in [1.29, 1.82) is 0 Å². The van der Waals surface area contributed by atoms with E-state index < -0.39 is 0 Å². The summed E-state index contributed by atoms with van der Waals surface area (Å²) in [7, 11) is 0. The van der Waals surface area contributed by atoms with Crippen LogP contribution in [0.25, 0.3) is 5.69 Å². The lowest BCUT2D eigenvalue weighted by Crippen LogP contribution is -2.31. The van der Waals surface area contributed by atoms with Gasteiger partial charge >= 0.3 is 0 Å². The van der Waals surface area contributed by atoms with E-state index in [9.17, 15) is 0 Å². The molecule has 0 bridgehead atoms. The number of aromatic nitrogens is 2. The van der Waals surface area contributed by atoms with Crippen LogP contribution in [0.1, 0.15) is 25.0 Å². The van der Waals surface area contributed by atoms with Gasteiger partial charge in [0.25, 0.3) is 0 Å². The molecule has 1 aromatic heterocycles. The molecule has 1 aliphatic rings. The van der Waals surface area contributed by atoms with Gasteiger partial charge in [-0.1, -0.05) is 18.2 Å². The van der Waals surface area contributed by atoms with Crippen molar-refractivity contribution in [3.63, 3.8) is 0 Å². The predicted octanol–water partition coefficient (Wildman–Crippen LogP) is 2.53. The SMILES string of the molecule is c1ccc(-n2ccc(CNCC3CCCCO3)n2)cc1. The third-order valence-corrected chi connectivity index (χ3v) is 3.62. The first-order chi connectivity index (χ1) is 9.92. The number of hydrogen-bond acceptors (Lipinski definition) is 3. The highest BCUT2D eigenvalue weighted by Crippen LogP contribution is 2.12. The minimum absolute atomic E-state index is 0.375. The van der Waals surface area contributed by atoms with Crippen molar-refractivity contribution in [3.8, 4) is 5.69 Å². The van der Waals surface area contributed by atoms with Crippen molar-refractivity contribution in [1.82, 2.24) is 15.1 Å². The highest BCUT2D eigenvalue weighted by atomic mass is 16.5. The molecule has 0 radical (unpaired) electrons. The predicted molar refractivity (Wildman–Crippen MR) is 78.9 cm³/mol. The minimum atomic E-state index is 0.375. The largest absolute Gasteiger partial charge is 0.377 e. The fourth-order valence-electron chi connectivity index (χ4n) is 2.51. The van der Waals surface area contributed by atoms with Crippen molar-refractivity contribution < 1.29 is 4.74 Å². The number of hydrogen-bond donors (Lipinski definition) is 1. The smallest absolute Gasteiger partial charge is 0.0766 e. The average Bonchev–Trinajstić information content (AvgIpc) is 2.98. The van der Waals surface area contributed by atoms with E-state index in [1.54, 1.807) is 0 Å². The molecular formula is C16H21N3O. The summed E-state index contributed by atoms with van der Waals surface area (Å²) in [5.74, 6) is 0. The molecule has 1 N–H and O–H groups in total. The third kappa shape index (κ3) is 3.46. The van der Waals surface area contributed by atoms with Gasteiger partial charge < -0.3 is 10.1 Å². The van der Waals surface area contributed by atoms with Crippen molar-refractivity contribution in [2.45, 2.75) is 31.9 Å². The van der Waals surface area contributed by atoms with Crippen LogP contribution in [0.4, 0.5) is 0 Å². The Labute approximate surface area is 119 Å². The molecular weight excluding hydrogens is 250 g/mol. The summed E-state index contributed by atoms with van der Waals surface area (Å²) in [5.41, 5.74) is 2.15. The van der Waals surface area contributed by atoms with E-state index in [0.29, 0.717) is 6.10 Å². The maximum absolute atomic E-state index is 5.70. The highest BCUT2D eigenvalue weighted by Gasteiger charge is 2.13. The summed E-state index contributed by atoms with van der Waals surface area (Å²) in [6.45, 7) is 2.62. The Hall–Kier alpha value is -1.65. The monoisotopic (exact) mass is 271 g/mol. The number of para-hydroxylation sites is 1. The first-order valence-electron chi connectivity index (χ1n) is 7.34. The molecule has 0 saturated carbocycles. The van der Waals surface area contributed by atoms with Crippen LogP contribution in [0.2, 0.25) is 0 Å². The first-order valence-corrected chi connectivity index (χ1v) is 7.34. The van der Waals surface area contributed by atoms with Crippen LogP contribution in [0, 0.1) is 0 Å². The number of benzene rings is 1. The molecule has 1 unspecified atom stereocenters. The van der Waals surface area contributed by atoms with E-state index in [0.717, 1.165) is 31.1 Å². The Balaban J connectivity index is 1.50. The topological polar surface area (TPSA) is 39.1 Å². The van der Waals surface area contributed by atoms with Gasteiger partial charge in [0.1, 0.15) is 0 Å². The molecule has 1 aliphatic heterocycles. The molecule has 4 heteroatoms. The quantitative estimate of drug-likeness (QED) is 0.908. The summed E-state index contributed by atoms with van der Waals surface area (Å²) >= 11 is 0. The maximum atomic E-state index is 5.70. The summed E-state index contributed by atoms with van der Waals surface area (Å²) in [5, 5.41) is 8.01. The Bertz CT molecular complexity index is 518. The molecule has 3 rings (SSSR count). The Morgan fingerprint density at radius 1 is 1.20 bits per heavy atom. The summed E-state index contributed by atoms with van der Waals surface area (Å²) in [4.78, 5) is 0. The van der Waals surface area contributed by atoms with Crippen LogP contribution < -0.4 is 5.32 Å². The number of nitrogens with zero attached hydrogens (tertiary/aromatic N) is 2. The van der Waals surface area contributed by atoms with Crippen molar-refractivity contribution in [2.75, 3.05) is 13.2 Å². The standard InChI is InChI=1S/C16H21N3O/c1-2-6-15(7-3-1)19-10-9-14(18-19)12-17-13-16-8-4-5-11-20-16/h1-3,6-7,9-10,16-17H,4-5,8,11-13H2. The third-order valence-electron chi connectivity index (χ3n) is 3.62. The van der Waals surface area contributed by atoms with Gasteiger partial charge in [0.2, 0.25) is 0 Å². The summed E-state index contributed by atoms with van der Waals surface area (Å²) in [6.07, 6.45) is 6.04. The molecule has 106 valence electrons. The lowest BCUT2D eigenvalue weighted by atomic mass is 10.1. The van der Waals surface area contributed by atoms with Crippen LogP contribution in [-0.4, -0.2) is 29.0 Å². The lowest BCUT2D eigenvalue weighted by Gasteiger charge is -2.22. The Morgan fingerprint density at radius 3 is 2.90 bits per heavy atom. The molecule has 1 atom stereocenters. The first kappa shape index (κ1) is 13.3. The Morgan fingerprint density at radius 2 is 2.10 bits per heavy atom. The molecule has 0 spiro atoms. The van der Waals surface area contributed by atoms with Crippen molar-refractivity contribution in [3.05, 3.63) is 48.3 Å². The summed E-state index contributed by atoms with van der Waals surface area (Å²) in [6, 6.07) is 12.2. The van der Waals surface area contributed by atoms with Crippen LogP contribution in [0.5, 0.6) is 0 Å². The van der Waals surface area contributed by atoms with Gasteiger partial charge in [0.05, 0.1) is 17.5 Å². The molecule has 1 saturated heterocycles. The van der Waals surface area contributed by atoms with Gasteiger partial charge in [-0.2, -0.15) is 5.10 Å². The van der Waals surface area contributed by atoms with Gasteiger partial charge in [-0.15, -0.1) is 0 Å². The molecule has 2 heterocycles. The van der Waals surface area contributed by atoms with Gasteiger partial charge in [0.15, 0.2) is 0 Å². The van der Waals surface area contributed by atoms with Crippen LogP contribution in [0.3, 0.4) is 0 Å². The maximum Gasteiger partial charge on any atom is 0.0766 e. The molecule has 20 heavy (non-hydrogen) atoms. The van der Waals surface area contributed by atoms with Gasteiger partial charge in [-0.05, 0) is 37.5 Å². The fraction of sp³-hybridized carbons (Fsp3) is 0.438. The van der Waals surface area contributed by atoms with Gasteiger partial charge in [-0.25, -0.2) is 4.68 Å². The van der Waals surface area contributed by atoms with Crippen LogP contribution in [-0.2, 0) is 11.3 Å². The zero-order valence-corrected chi connectivity index (χ0v) is 11.7. The van der Waals surface area contributed by atoms with E-state index in [2.05, 4.69) is 28.6 Å². The Kier molecular flexibility index (Phi) is 4.46. The number of ether oxygens (including phenoxy) is 1. The second-order valence-corrected chi connectivity index (χ2v) is 5.21. The highest BCUT2D eigenvalue weighted by molar-refractivity contribution is 5.30. The average molecular weight is 271 g/mol. The van der Waals surface area contributed by atoms with Crippen LogP contribution in [0.15, 0.2) is 42.6 Å². The minimum Gasteiger partial charge on any atom is -0.377 e. The summed E-state index contributed by atoms with van der Waals surface area (Å²) < 4.78 is 7.61. The molecule has 0 amide bonds. The second-order valence-electron chi connectivity index (χ2n) is 5.21. The van der Waals surface area contributed by atoms with Gasteiger partial charge in [0, 0.05) is 25.9 Å². The van der Waals surface area contributed by atoms with E-state index in [1.807, 2.05) is 29.1 Å². The molecule has 1 fully saturated rings. The second kappa shape index (κ2) is 6.68. The van der Waals surface area contributed by atoms with Crippen molar-refractivity contribution in [2.24, 2.45) is 0 Å². The molecule has 4 nitrogen and oxygen atoms in total. The zero-order chi connectivity index (χ0) is 13.6. The van der Waals surface area contributed by atoms with Crippen LogP contribution >= 0.6 is 0 Å². The number of rotatable bonds is 5. The molecule has 2 aromatic rings. The fourth-order valence-corrected chi connectivity index (χ4v) is 2.51. The van der Waals surface area contributed by atoms with E-state index in [4.69, 9.17) is 4.74 Å². The number of nitrogens with one attached hydrogen (secondary N) is 1. The molecule has 0 aliphatic carbocycles. The van der Waals surface area contributed by atoms with E-state index >= 15 is 0 Å². The zero-order valence-electron chi connectivity index (χ0n) is 11.7. The van der Waals surface area contributed by atoms with Gasteiger partial charge in [-0.3, -0.25) is 0 Å². The molecule has 1 aromatic carbocycles. The lowest BCUT2D eigenvalue weighted by molar-refractivity contribution is 0.0167. The van der Waals surface area contributed by atoms with E-state index in [-0.39, 0.29) is 0 Å². The normalized spacial score (nSPS) is 19.1.